The average Bonchev–Trinajstić information content (AvgIpc) is 2.91. The van der Waals surface area contributed by atoms with Crippen molar-refractivity contribution in [3.05, 3.63) is 45.1 Å². The maximum absolute atomic E-state index is 12.0. The van der Waals surface area contributed by atoms with Gasteiger partial charge in [-0.3, -0.25) is 4.79 Å². The van der Waals surface area contributed by atoms with Gasteiger partial charge >= 0.3 is 0 Å². The quantitative estimate of drug-likeness (QED) is 0.845. The summed E-state index contributed by atoms with van der Waals surface area (Å²) in [6, 6.07) is 11.1. The van der Waals surface area contributed by atoms with Crippen LogP contribution in [0, 0.1) is 0 Å². The standard InChI is InChI=1S/C15H16BrNO3S/c1-10(20-12-5-3-11(19-2)4-6-12)15(18)17-9-13-7-8-14(16)21-13/h3-8,10H,9H2,1-2H3,(H,17,18). The highest BCUT2D eigenvalue weighted by molar-refractivity contribution is 9.11. The Balaban J connectivity index is 1.83. The lowest BCUT2D eigenvalue weighted by Crippen LogP contribution is -2.35. The summed E-state index contributed by atoms with van der Waals surface area (Å²) in [5.74, 6) is 1.25. The second-order valence-electron chi connectivity index (χ2n) is 4.36. The normalized spacial score (nSPS) is 11.8. The summed E-state index contributed by atoms with van der Waals surface area (Å²) in [6.45, 7) is 2.23. The van der Waals surface area contributed by atoms with Gasteiger partial charge in [-0.15, -0.1) is 11.3 Å². The number of amides is 1. The average molecular weight is 370 g/mol. The summed E-state index contributed by atoms with van der Waals surface area (Å²) in [4.78, 5) is 13.1. The number of nitrogens with one attached hydrogen (secondary N) is 1. The minimum absolute atomic E-state index is 0.143. The molecule has 1 heterocycles. The van der Waals surface area contributed by atoms with E-state index >= 15 is 0 Å². The molecule has 0 spiro atoms. The van der Waals surface area contributed by atoms with E-state index in [9.17, 15) is 4.79 Å². The molecule has 0 radical (unpaired) electrons. The van der Waals surface area contributed by atoms with Gasteiger partial charge in [0.05, 0.1) is 17.4 Å². The van der Waals surface area contributed by atoms with Crippen LogP contribution in [0.5, 0.6) is 11.5 Å². The number of thiophene rings is 1. The number of rotatable bonds is 6. The molecule has 6 heteroatoms. The zero-order chi connectivity index (χ0) is 15.2. The van der Waals surface area contributed by atoms with E-state index in [1.54, 1.807) is 49.6 Å². The Hall–Kier alpha value is -1.53. The number of halogens is 1. The molecule has 1 aromatic heterocycles. The third-order valence-corrected chi connectivity index (χ3v) is 4.43. The minimum Gasteiger partial charge on any atom is -0.497 e. The Bertz CT molecular complexity index is 597. The molecule has 1 aromatic carbocycles. The number of carbonyl (C=O) groups excluding carboxylic acids is 1. The Labute approximate surface area is 136 Å². The van der Waals surface area contributed by atoms with E-state index in [0.29, 0.717) is 12.3 Å². The van der Waals surface area contributed by atoms with Gasteiger partial charge in [0.1, 0.15) is 11.5 Å². The molecule has 1 amide bonds. The molecule has 0 fully saturated rings. The van der Waals surface area contributed by atoms with Crippen LogP contribution in [0.15, 0.2) is 40.2 Å². The molecular formula is C15H16BrNO3S. The summed E-state index contributed by atoms with van der Waals surface area (Å²) in [7, 11) is 1.61. The van der Waals surface area contributed by atoms with Crippen molar-refractivity contribution >= 4 is 33.2 Å². The number of benzene rings is 1. The number of carbonyl (C=O) groups is 1. The lowest BCUT2D eigenvalue weighted by molar-refractivity contribution is -0.127. The number of hydrogen-bond acceptors (Lipinski definition) is 4. The van der Waals surface area contributed by atoms with Gasteiger partial charge in [-0.2, -0.15) is 0 Å². The largest absolute Gasteiger partial charge is 0.497 e. The molecule has 0 saturated heterocycles. The zero-order valence-corrected chi connectivity index (χ0v) is 14.2. The predicted molar refractivity (Wildman–Crippen MR) is 86.9 cm³/mol. The molecule has 112 valence electrons. The first kappa shape index (κ1) is 15.9. The van der Waals surface area contributed by atoms with Crippen LogP contribution in [0.2, 0.25) is 0 Å². The molecule has 0 saturated carbocycles. The van der Waals surface area contributed by atoms with Crippen LogP contribution in [0.25, 0.3) is 0 Å². The number of hydrogen-bond donors (Lipinski definition) is 1. The zero-order valence-electron chi connectivity index (χ0n) is 11.8. The van der Waals surface area contributed by atoms with Gasteiger partial charge < -0.3 is 14.8 Å². The van der Waals surface area contributed by atoms with E-state index in [4.69, 9.17) is 9.47 Å². The molecule has 2 aromatic rings. The van der Waals surface area contributed by atoms with Crippen molar-refractivity contribution in [2.24, 2.45) is 0 Å². The Morgan fingerprint density at radius 1 is 1.24 bits per heavy atom. The molecule has 4 nitrogen and oxygen atoms in total. The lowest BCUT2D eigenvalue weighted by Gasteiger charge is -2.14. The van der Waals surface area contributed by atoms with Crippen LogP contribution in [0.1, 0.15) is 11.8 Å². The summed E-state index contributed by atoms with van der Waals surface area (Å²) in [5, 5.41) is 2.86. The Morgan fingerprint density at radius 2 is 1.90 bits per heavy atom. The van der Waals surface area contributed by atoms with Crippen molar-refractivity contribution in [1.82, 2.24) is 5.32 Å². The van der Waals surface area contributed by atoms with Crippen molar-refractivity contribution in [2.75, 3.05) is 7.11 Å². The number of ether oxygens (including phenoxy) is 2. The van der Waals surface area contributed by atoms with Crippen molar-refractivity contribution in [1.29, 1.82) is 0 Å². The van der Waals surface area contributed by atoms with Crippen molar-refractivity contribution in [2.45, 2.75) is 19.6 Å². The van der Waals surface area contributed by atoms with E-state index < -0.39 is 6.10 Å². The van der Waals surface area contributed by atoms with Crippen LogP contribution >= 0.6 is 27.3 Å². The third-order valence-electron chi connectivity index (χ3n) is 2.81. The van der Waals surface area contributed by atoms with Gasteiger partial charge in [-0.05, 0) is 59.3 Å². The molecule has 0 bridgehead atoms. The highest BCUT2D eigenvalue weighted by Gasteiger charge is 2.14. The van der Waals surface area contributed by atoms with E-state index in [1.807, 2.05) is 12.1 Å². The van der Waals surface area contributed by atoms with Crippen molar-refractivity contribution < 1.29 is 14.3 Å². The van der Waals surface area contributed by atoms with Crippen molar-refractivity contribution in [3.8, 4) is 11.5 Å². The van der Waals surface area contributed by atoms with Crippen LogP contribution in [-0.4, -0.2) is 19.1 Å². The molecule has 1 N–H and O–H groups in total. The molecule has 2 rings (SSSR count). The van der Waals surface area contributed by atoms with E-state index in [-0.39, 0.29) is 5.91 Å². The number of methoxy groups -OCH3 is 1. The summed E-state index contributed by atoms with van der Waals surface area (Å²) >= 11 is 4.99. The minimum atomic E-state index is -0.554. The first-order valence-corrected chi connectivity index (χ1v) is 8.02. The van der Waals surface area contributed by atoms with Crippen LogP contribution < -0.4 is 14.8 Å². The molecule has 21 heavy (non-hydrogen) atoms. The summed E-state index contributed by atoms with van der Waals surface area (Å²) in [5.41, 5.74) is 0. The smallest absolute Gasteiger partial charge is 0.261 e. The molecule has 0 aliphatic rings. The molecule has 0 aliphatic carbocycles. The molecular weight excluding hydrogens is 354 g/mol. The second-order valence-corrected chi connectivity index (χ2v) is 6.91. The monoisotopic (exact) mass is 369 g/mol. The Kier molecular flexibility index (Phi) is 5.64. The SMILES string of the molecule is COc1ccc(OC(C)C(=O)NCc2ccc(Br)s2)cc1. The topological polar surface area (TPSA) is 47.6 Å². The van der Waals surface area contributed by atoms with Crippen molar-refractivity contribution in [3.63, 3.8) is 0 Å². The van der Waals surface area contributed by atoms with Crippen LogP contribution in [0.4, 0.5) is 0 Å². The first-order valence-electron chi connectivity index (χ1n) is 6.41. The molecule has 1 unspecified atom stereocenters. The second kappa shape index (κ2) is 7.47. The van der Waals surface area contributed by atoms with Gasteiger partial charge in [-0.25, -0.2) is 0 Å². The summed E-state index contributed by atoms with van der Waals surface area (Å²) < 4.78 is 11.7. The van der Waals surface area contributed by atoms with Crippen LogP contribution in [-0.2, 0) is 11.3 Å². The van der Waals surface area contributed by atoms with Gasteiger partial charge in [0, 0.05) is 4.88 Å². The first-order chi connectivity index (χ1) is 10.1. The van der Waals surface area contributed by atoms with Gasteiger partial charge in [0.15, 0.2) is 6.10 Å². The fraction of sp³-hybridized carbons (Fsp3) is 0.267. The van der Waals surface area contributed by atoms with Gasteiger partial charge in [0.25, 0.3) is 5.91 Å². The highest BCUT2D eigenvalue weighted by Crippen LogP contribution is 2.22. The third kappa shape index (κ3) is 4.75. The Morgan fingerprint density at radius 3 is 2.48 bits per heavy atom. The fourth-order valence-corrected chi connectivity index (χ4v) is 3.10. The van der Waals surface area contributed by atoms with Crippen LogP contribution in [0.3, 0.4) is 0 Å². The van der Waals surface area contributed by atoms with E-state index in [2.05, 4.69) is 21.2 Å². The van der Waals surface area contributed by atoms with E-state index in [0.717, 1.165) is 14.4 Å². The molecule has 0 aliphatic heterocycles. The van der Waals surface area contributed by atoms with Gasteiger partial charge in [-0.1, -0.05) is 0 Å². The van der Waals surface area contributed by atoms with Gasteiger partial charge in [0.2, 0.25) is 0 Å². The fourth-order valence-electron chi connectivity index (χ4n) is 1.68. The maximum atomic E-state index is 12.0. The van der Waals surface area contributed by atoms with E-state index in [1.165, 1.54) is 0 Å². The highest BCUT2D eigenvalue weighted by atomic mass is 79.9. The maximum Gasteiger partial charge on any atom is 0.261 e. The molecule has 1 atom stereocenters. The predicted octanol–water partition coefficient (Wildman–Crippen LogP) is 3.60. The lowest BCUT2D eigenvalue weighted by atomic mass is 10.3. The summed E-state index contributed by atoms with van der Waals surface area (Å²) in [6.07, 6.45) is -0.554.